The molecule has 0 aliphatic carbocycles. The Morgan fingerprint density at radius 2 is 1.64 bits per heavy atom. The molecule has 1 amide bonds. The molecule has 3 aliphatic heterocycles. The third-order valence-corrected chi connectivity index (χ3v) is 6.83. The molecule has 172 valence electrons. The summed E-state index contributed by atoms with van der Waals surface area (Å²) in [5, 5.41) is 0. The lowest BCUT2D eigenvalue weighted by Crippen LogP contribution is -2.49. The maximum absolute atomic E-state index is 12.8. The molecule has 0 bridgehead atoms. The van der Waals surface area contributed by atoms with Crippen LogP contribution in [0.2, 0.25) is 0 Å². The number of para-hydroxylation sites is 2. The first-order valence-corrected chi connectivity index (χ1v) is 11.3. The van der Waals surface area contributed by atoms with Crippen molar-refractivity contribution in [2.24, 2.45) is 0 Å². The van der Waals surface area contributed by atoms with Crippen LogP contribution in [0.4, 0.5) is 11.4 Å². The van der Waals surface area contributed by atoms with E-state index in [9.17, 15) is 9.59 Å². The van der Waals surface area contributed by atoms with E-state index in [0.717, 1.165) is 61.0 Å². The van der Waals surface area contributed by atoms with Gasteiger partial charge in [-0.05, 0) is 43.7 Å². The van der Waals surface area contributed by atoms with Crippen molar-refractivity contribution in [2.45, 2.75) is 19.4 Å². The number of carbonyl (C=O) groups is 2. The van der Waals surface area contributed by atoms with E-state index in [1.54, 1.807) is 25.2 Å². The lowest BCUT2D eigenvalue weighted by molar-refractivity contribution is -0.115. The van der Waals surface area contributed by atoms with Crippen LogP contribution in [0.25, 0.3) is 5.57 Å². The second-order valence-electron chi connectivity index (χ2n) is 9.30. The minimum absolute atomic E-state index is 0.439. The number of ether oxygens (including phenoxy) is 2. The minimum atomic E-state index is -0.575. The van der Waals surface area contributed by atoms with Crippen molar-refractivity contribution in [1.29, 1.82) is 0 Å². The number of piperazine rings is 1. The lowest BCUT2D eigenvalue weighted by Gasteiger charge is -2.41. The third kappa shape index (κ3) is 3.47. The highest BCUT2D eigenvalue weighted by Crippen LogP contribution is 2.47. The maximum Gasteiger partial charge on any atom is 0.300 e. The fourth-order valence-electron chi connectivity index (χ4n) is 5.23. The van der Waals surface area contributed by atoms with Crippen molar-refractivity contribution in [3.63, 3.8) is 0 Å². The highest BCUT2D eigenvalue weighted by molar-refractivity contribution is 6.53. The molecule has 0 unspecified atom stereocenters. The number of methoxy groups -OCH3 is 2. The zero-order valence-electron chi connectivity index (χ0n) is 19.6. The van der Waals surface area contributed by atoms with Gasteiger partial charge in [-0.25, -0.2) is 0 Å². The van der Waals surface area contributed by atoms with Gasteiger partial charge in [0.05, 0.1) is 36.7 Å². The lowest BCUT2D eigenvalue weighted by atomic mass is 9.87. The molecule has 3 aliphatic rings. The van der Waals surface area contributed by atoms with Crippen LogP contribution in [0.3, 0.4) is 0 Å². The molecule has 3 heterocycles. The Morgan fingerprint density at radius 3 is 2.33 bits per heavy atom. The smallest absolute Gasteiger partial charge is 0.300 e. The molecule has 2 aromatic rings. The van der Waals surface area contributed by atoms with Crippen molar-refractivity contribution in [3.05, 3.63) is 53.6 Å². The molecule has 7 heteroatoms. The van der Waals surface area contributed by atoms with Gasteiger partial charge in [0.15, 0.2) is 0 Å². The Balaban J connectivity index is 1.41. The van der Waals surface area contributed by atoms with Gasteiger partial charge in [0.2, 0.25) is 0 Å². The topological polar surface area (TPSA) is 62.3 Å². The molecule has 0 saturated carbocycles. The summed E-state index contributed by atoms with van der Waals surface area (Å²) in [6.45, 7) is 8.33. The van der Waals surface area contributed by atoms with Crippen molar-refractivity contribution < 1.29 is 19.1 Å². The summed E-state index contributed by atoms with van der Waals surface area (Å²) < 4.78 is 11.0. The van der Waals surface area contributed by atoms with Gasteiger partial charge in [-0.3, -0.25) is 19.4 Å². The van der Waals surface area contributed by atoms with Gasteiger partial charge >= 0.3 is 0 Å². The molecule has 0 aromatic heterocycles. The number of nitrogens with zero attached hydrogens (tertiary/aromatic N) is 3. The number of amides is 1. The van der Waals surface area contributed by atoms with Gasteiger partial charge in [-0.15, -0.1) is 0 Å². The SMILES string of the molecule is COc1cc2c3c(c1)C(CN1CCN(c4ccccc4OC)CC1)=CC(C)(C)N3C(=O)C2=O. The second kappa shape index (κ2) is 7.92. The highest BCUT2D eigenvalue weighted by Gasteiger charge is 2.47. The molecule has 7 nitrogen and oxygen atoms in total. The summed E-state index contributed by atoms with van der Waals surface area (Å²) in [6.07, 6.45) is 2.13. The Bertz CT molecular complexity index is 1160. The fourth-order valence-corrected chi connectivity index (χ4v) is 5.23. The number of anilines is 2. The zero-order chi connectivity index (χ0) is 23.3. The predicted molar refractivity (Wildman–Crippen MR) is 129 cm³/mol. The summed E-state index contributed by atoms with van der Waals surface area (Å²) in [4.78, 5) is 31.9. The standard InChI is InChI=1S/C26H29N3O4/c1-26(2)15-17(19-13-18(32-3)14-20-23(19)29(26)25(31)24(20)30)16-27-9-11-28(12-10-27)21-7-5-6-8-22(21)33-4/h5-8,13-15H,9-12,16H2,1-4H3. The molecule has 1 saturated heterocycles. The molecule has 5 rings (SSSR count). The van der Waals surface area contributed by atoms with Gasteiger partial charge < -0.3 is 14.4 Å². The number of hydrogen-bond donors (Lipinski definition) is 0. The fraction of sp³-hybridized carbons (Fsp3) is 0.385. The van der Waals surface area contributed by atoms with E-state index in [1.807, 2.05) is 38.1 Å². The van der Waals surface area contributed by atoms with Crippen LogP contribution in [-0.2, 0) is 4.79 Å². The Morgan fingerprint density at radius 1 is 0.939 bits per heavy atom. The zero-order valence-corrected chi connectivity index (χ0v) is 19.6. The van der Waals surface area contributed by atoms with Crippen molar-refractivity contribution in [2.75, 3.05) is 56.7 Å². The van der Waals surface area contributed by atoms with E-state index in [1.165, 1.54) is 0 Å². The number of benzene rings is 2. The van der Waals surface area contributed by atoms with Gasteiger partial charge in [-0.1, -0.05) is 18.2 Å². The molecule has 0 radical (unpaired) electrons. The first kappa shape index (κ1) is 21.5. The average Bonchev–Trinajstić information content (AvgIpc) is 3.08. The Kier molecular flexibility index (Phi) is 5.16. The molecule has 0 spiro atoms. The number of hydrogen-bond acceptors (Lipinski definition) is 6. The maximum atomic E-state index is 12.8. The van der Waals surface area contributed by atoms with Crippen molar-refractivity contribution in [1.82, 2.24) is 4.90 Å². The highest BCUT2D eigenvalue weighted by atomic mass is 16.5. The predicted octanol–water partition coefficient (Wildman–Crippen LogP) is 3.23. The van der Waals surface area contributed by atoms with Gasteiger partial charge in [0.1, 0.15) is 11.5 Å². The Hall–Kier alpha value is -3.32. The van der Waals surface area contributed by atoms with Crippen LogP contribution in [0.5, 0.6) is 11.5 Å². The quantitative estimate of drug-likeness (QED) is 0.656. The molecule has 33 heavy (non-hydrogen) atoms. The first-order valence-electron chi connectivity index (χ1n) is 11.3. The summed E-state index contributed by atoms with van der Waals surface area (Å²) in [7, 11) is 3.29. The monoisotopic (exact) mass is 447 g/mol. The van der Waals surface area contributed by atoms with Gasteiger partial charge in [0, 0.05) is 38.3 Å². The normalized spacial score (nSPS) is 19.5. The summed E-state index contributed by atoms with van der Waals surface area (Å²) >= 11 is 0. The Labute approximate surface area is 194 Å². The van der Waals surface area contributed by atoms with E-state index >= 15 is 0 Å². The molecule has 2 aromatic carbocycles. The number of rotatable bonds is 5. The van der Waals surface area contributed by atoms with Crippen LogP contribution >= 0.6 is 0 Å². The summed E-state index contributed by atoms with van der Waals surface area (Å²) in [5.41, 5.74) is 3.74. The van der Waals surface area contributed by atoms with Gasteiger partial charge in [-0.2, -0.15) is 0 Å². The summed E-state index contributed by atoms with van der Waals surface area (Å²) in [6, 6.07) is 11.8. The molecule has 0 atom stereocenters. The van der Waals surface area contributed by atoms with Crippen LogP contribution in [-0.4, -0.2) is 69.1 Å². The molecular formula is C26H29N3O4. The van der Waals surface area contributed by atoms with Crippen LogP contribution in [0, 0.1) is 0 Å². The van der Waals surface area contributed by atoms with E-state index in [0.29, 0.717) is 11.3 Å². The third-order valence-electron chi connectivity index (χ3n) is 6.83. The number of Topliss-reactive ketones (excluding diaryl/α,β-unsaturated/α-hetero) is 1. The number of carbonyl (C=O) groups excluding carboxylic acids is 2. The second-order valence-corrected chi connectivity index (χ2v) is 9.30. The van der Waals surface area contributed by atoms with E-state index in [-0.39, 0.29) is 0 Å². The molecular weight excluding hydrogens is 418 g/mol. The van der Waals surface area contributed by atoms with Gasteiger partial charge in [0.25, 0.3) is 11.7 Å². The molecule has 0 N–H and O–H groups in total. The summed E-state index contributed by atoms with van der Waals surface area (Å²) in [5.74, 6) is 0.561. The van der Waals surface area contributed by atoms with Crippen molar-refractivity contribution in [3.8, 4) is 11.5 Å². The van der Waals surface area contributed by atoms with Crippen LogP contribution < -0.4 is 19.3 Å². The minimum Gasteiger partial charge on any atom is -0.497 e. The first-order chi connectivity index (χ1) is 15.8. The largest absolute Gasteiger partial charge is 0.497 e. The van der Waals surface area contributed by atoms with Crippen LogP contribution in [0.1, 0.15) is 29.8 Å². The molecule has 1 fully saturated rings. The van der Waals surface area contributed by atoms with Crippen molar-refractivity contribution >= 4 is 28.6 Å². The number of ketones is 1. The van der Waals surface area contributed by atoms with E-state index < -0.39 is 17.2 Å². The van der Waals surface area contributed by atoms with Crippen LogP contribution in [0.15, 0.2) is 42.5 Å². The van der Waals surface area contributed by atoms with E-state index in [4.69, 9.17) is 9.47 Å². The van der Waals surface area contributed by atoms with E-state index in [2.05, 4.69) is 21.9 Å². The average molecular weight is 448 g/mol.